The zero-order chi connectivity index (χ0) is 13.1. The van der Waals surface area contributed by atoms with Gasteiger partial charge in [0.25, 0.3) is 5.56 Å². The van der Waals surface area contributed by atoms with Gasteiger partial charge in [-0.2, -0.15) is 0 Å². The average molecular weight is 309 g/mol. The summed E-state index contributed by atoms with van der Waals surface area (Å²) in [6, 6.07) is 7.37. The molecule has 6 heteroatoms. The van der Waals surface area contributed by atoms with Gasteiger partial charge < -0.3 is 9.67 Å². The number of carboxylic acids is 1. The van der Waals surface area contributed by atoms with Gasteiger partial charge in [-0.1, -0.05) is 28.1 Å². The molecular formula is C12H9BrN2O3. The molecule has 0 spiro atoms. The number of benzene rings is 1. The van der Waals surface area contributed by atoms with Crippen molar-refractivity contribution in [1.82, 2.24) is 9.55 Å². The fraction of sp³-hybridized carbons (Fsp3) is 0.0833. The Kier molecular flexibility index (Phi) is 3.57. The molecule has 2 rings (SSSR count). The summed E-state index contributed by atoms with van der Waals surface area (Å²) in [4.78, 5) is 26.1. The number of nitrogens with zero attached hydrogens (tertiary/aromatic N) is 2. The van der Waals surface area contributed by atoms with Crippen molar-refractivity contribution in [2.75, 3.05) is 0 Å². The van der Waals surface area contributed by atoms with Crippen LogP contribution in [0.4, 0.5) is 0 Å². The minimum absolute atomic E-state index is 0.370. The summed E-state index contributed by atoms with van der Waals surface area (Å²) in [5.74, 6) is -1.06. The van der Waals surface area contributed by atoms with Gasteiger partial charge in [-0.3, -0.25) is 9.59 Å². The minimum Gasteiger partial charge on any atom is -0.480 e. The summed E-state index contributed by atoms with van der Waals surface area (Å²) in [7, 11) is 0. The van der Waals surface area contributed by atoms with Gasteiger partial charge in [-0.25, -0.2) is 4.98 Å². The van der Waals surface area contributed by atoms with Crippen molar-refractivity contribution in [2.45, 2.75) is 6.54 Å². The van der Waals surface area contributed by atoms with Crippen LogP contribution in [0.15, 0.2) is 45.9 Å². The highest BCUT2D eigenvalue weighted by molar-refractivity contribution is 9.10. The smallest absolute Gasteiger partial charge is 0.323 e. The van der Waals surface area contributed by atoms with E-state index in [1.165, 1.54) is 6.20 Å². The van der Waals surface area contributed by atoms with E-state index in [9.17, 15) is 9.59 Å². The first-order valence-electron chi connectivity index (χ1n) is 5.10. The second kappa shape index (κ2) is 5.14. The summed E-state index contributed by atoms with van der Waals surface area (Å²) < 4.78 is 2.05. The minimum atomic E-state index is -1.06. The summed E-state index contributed by atoms with van der Waals surface area (Å²) >= 11 is 3.32. The van der Waals surface area contributed by atoms with Gasteiger partial charge in [0.15, 0.2) is 0 Å². The van der Waals surface area contributed by atoms with Gasteiger partial charge in [-0.05, 0) is 12.1 Å². The molecular weight excluding hydrogens is 300 g/mol. The van der Waals surface area contributed by atoms with E-state index in [0.717, 1.165) is 20.8 Å². The van der Waals surface area contributed by atoms with Crippen LogP contribution in [0.5, 0.6) is 0 Å². The normalized spacial score (nSPS) is 10.3. The van der Waals surface area contributed by atoms with Crippen LogP contribution in [0, 0.1) is 0 Å². The maximum absolute atomic E-state index is 11.4. The molecule has 0 aliphatic carbocycles. The maximum atomic E-state index is 11.4. The Balaban J connectivity index is 2.43. The first-order chi connectivity index (χ1) is 8.56. The average Bonchev–Trinajstić information content (AvgIpc) is 2.32. The fourth-order valence-corrected chi connectivity index (χ4v) is 1.75. The largest absolute Gasteiger partial charge is 0.480 e. The summed E-state index contributed by atoms with van der Waals surface area (Å²) in [5.41, 5.74) is 0.943. The Morgan fingerprint density at radius 1 is 1.33 bits per heavy atom. The van der Waals surface area contributed by atoms with Gasteiger partial charge in [-0.15, -0.1) is 0 Å². The number of aliphatic carboxylic acids is 1. The predicted molar refractivity (Wildman–Crippen MR) is 69.3 cm³/mol. The molecule has 0 saturated heterocycles. The van der Waals surface area contributed by atoms with Gasteiger partial charge in [0.1, 0.15) is 6.54 Å². The van der Waals surface area contributed by atoms with Crippen LogP contribution in [-0.4, -0.2) is 20.6 Å². The molecule has 0 radical (unpaired) electrons. The lowest BCUT2D eigenvalue weighted by atomic mass is 10.2. The van der Waals surface area contributed by atoms with E-state index in [2.05, 4.69) is 20.9 Å². The maximum Gasteiger partial charge on any atom is 0.323 e. The molecule has 0 fully saturated rings. The number of rotatable bonds is 3. The lowest BCUT2D eigenvalue weighted by Gasteiger charge is -2.05. The Morgan fingerprint density at radius 2 is 2.00 bits per heavy atom. The lowest BCUT2D eigenvalue weighted by molar-refractivity contribution is -0.137. The van der Waals surface area contributed by atoms with Crippen molar-refractivity contribution >= 4 is 21.9 Å². The lowest BCUT2D eigenvalue weighted by Crippen LogP contribution is -2.23. The highest BCUT2D eigenvalue weighted by atomic mass is 79.9. The van der Waals surface area contributed by atoms with Gasteiger partial charge in [0.05, 0.1) is 11.9 Å². The Bertz CT molecular complexity index is 635. The highest BCUT2D eigenvalue weighted by Crippen LogP contribution is 2.18. The van der Waals surface area contributed by atoms with E-state index in [4.69, 9.17) is 5.11 Å². The number of aromatic nitrogens is 2. The molecule has 0 bridgehead atoms. The highest BCUT2D eigenvalue weighted by Gasteiger charge is 2.05. The molecule has 1 heterocycles. The SMILES string of the molecule is O=C(O)Cn1cc(-c2ccc(Br)cc2)ncc1=O. The molecule has 2 aromatic rings. The molecule has 0 unspecified atom stereocenters. The Morgan fingerprint density at radius 3 is 2.61 bits per heavy atom. The van der Waals surface area contributed by atoms with Gasteiger partial charge in [0.2, 0.25) is 0 Å². The second-order valence-corrected chi connectivity index (χ2v) is 4.55. The van der Waals surface area contributed by atoms with Crippen molar-refractivity contribution in [3.8, 4) is 11.3 Å². The number of halogens is 1. The first kappa shape index (κ1) is 12.5. The summed E-state index contributed by atoms with van der Waals surface area (Å²) in [5, 5.41) is 8.70. The molecule has 1 aromatic carbocycles. The fourth-order valence-electron chi connectivity index (χ4n) is 1.48. The monoisotopic (exact) mass is 308 g/mol. The summed E-state index contributed by atoms with van der Waals surface area (Å²) in [6.07, 6.45) is 2.57. The number of hydrogen-bond donors (Lipinski definition) is 1. The van der Waals surface area contributed by atoms with E-state index >= 15 is 0 Å². The zero-order valence-electron chi connectivity index (χ0n) is 9.21. The van der Waals surface area contributed by atoms with Crippen LogP contribution in [0.25, 0.3) is 11.3 Å². The summed E-state index contributed by atoms with van der Waals surface area (Å²) in [6.45, 7) is -0.370. The first-order valence-corrected chi connectivity index (χ1v) is 5.90. The van der Waals surface area contributed by atoms with E-state index in [1.807, 2.05) is 24.3 Å². The predicted octanol–water partition coefficient (Wildman–Crippen LogP) is 1.76. The topological polar surface area (TPSA) is 72.2 Å². The number of hydrogen-bond acceptors (Lipinski definition) is 3. The van der Waals surface area contributed by atoms with E-state index < -0.39 is 11.5 Å². The number of carbonyl (C=O) groups is 1. The van der Waals surface area contributed by atoms with Crippen LogP contribution in [-0.2, 0) is 11.3 Å². The van der Waals surface area contributed by atoms with Crippen molar-refractivity contribution < 1.29 is 9.90 Å². The standard InChI is InChI=1S/C12H9BrN2O3/c13-9-3-1-8(2-4-9)10-6-15(7-12(17)18)11(16)5-14-10/h1-6H,7H2,(H,17,18). The molecule has 0 saturated carbocycles. The molecule has 0 aliphatic rings. The third-order valence-corrected chi connectivity index (χ3v) is 2.85. The van der Waals surface area contributed by atoms with Crippen LogP contribution >= 0.6 is 15.9 Å². The quantitative estimate of drug-likeness (QED) is 0.937. The second-order valence-electron chi connectivity index (χ2n) is 3.64. The molecule has 0 aliphatic heterocycles. The molecule has 5 nitrogen and oxygen atoms in total. The molecule has 0 atom stereocenters. The molecule has 1 aromatic heterocycles. The van der Waals surface area contributed by atoms with Crippen LogP contribution in [0.3, 0.4) is 0 Å². The Labute approximate surface area is 111 Å². The van der Waals surface area contributed by atoms with Crippen molar-refractivity contribution in [2.24, 2.45) is 0 Å². The van der Waals surface area contributed by atoms with Crippen LogP contribution in [0.1, 0.15) is 0 Å². The molecule has 0 amide bonds. The third kappa shape index (κ3) is 2.84. The zero-order valence-corrected chi connectivity index (χ0v) is 10.8. The molecule has 18 heavy (non-hydrogen) atoms. The van der Waals surface area contributed by atoms with Gasteiger partial charge in [0, 0.05) is 16.2 Å². The van der Waals surface area contributed by atoms with Gasteiger partial charge >= 0.3 is 5.97 Å². The van der Waals surface area contributed by atoms with Crippen molar-refractivity contribution in [1.29, 1.82) is 0 Å². The third-order valence-electron chi connectivity index (χ3n) is 2.32. The van der Waals surface area contributed by atoms with Crippen LogP contribution in [0.2, 0.25) is 0 Å². The van der Waals surface area contributed by atoms with E-state index in [1.54, 1.807) is 0 Å². The van der Waals surface area contributed by atoms with Crippen molar-refractivity contribution in [3.63, 3.8) is 0 Å². The molecule has 1 N–H and O–H groups in total. The van der Waals surface area contributed by atoms with E-state index in [-0.39, 0.29) is 6.54 Å². The van der Waals surface area contributed by atoms with Crippen molar-refractivity contribution in [3.05, 3.63) is 51.5 Å². The van der Waals surface area contributed by atoms with Crippen LogP contribution < -0.4 is 5.56 Å². The number of carboxylic acid groups (broad SMARTS) is 1. The molecule has 92 valence electrons. The van der Waals surface area contributed by atoms with E-state index in [0.29, 0.717) is 5.69 Å². The Hall–Kier alpha value is -1.95.